The minimum Gasteiger partial charge on any atom is -0.493 e. The van der Waals surface area contributed by atoms with E-state index in [0.29, 0.717) is 12.4 Å². The lowest BCUT2D eigenvalue weighted by atomic mass is 10.1. The number of hydrogen-bond acceptors (Lipinski definition) is 3. The monoisotopic (exact) mass is 321 g/mol. The van der Waals surface area contributed by atoms with Gasteiger partial charge < -0.3 is 14.2 Å². The number of rotatable bonds is 13. The minimum atomic E-state index is 0.704. The second-order valence-corrected chi connectivity index (χ2v) is 5.90. The Bertz CT molecular complexity index is 404. The molecule has 23 heavy (non-hydrogen) atoms. The Morgan fingerprint density at radius 1 is 0.870 bits per heavy atom. The molecule has 0 bridgehead atoms. The molecule has 1 rings (SSSR count). The summed E-state index contributed by atoms with van der Waals surface area (Å²) in [7, 11) is 3.34. The molecule has 0 unspecified atom stereocenters. The molecule has 131 valence electrons. The maximum atomic E-state index is 5.95. The summed E-state index contributed by atoms with van der Waals surface area (Å²) >= 11 is 0. The molecule has 0 saturated carbocycles. The van der Waals surface area contributed by atoms with Crippen LogP contribution in [0.1, 0.15) is 63.9 Å². The summed E-state index contributed by atoms with van der Waals surface area (Å²) in [5.74, 6) is 2.21. The van der Waals surface area contributed by atoms with Crippen molar-refractivity contribution in [1.82, 2.24) is 0 Å². The smallest absolute Gasteiger partial charge is 0.203 e. The summed E-state index contributed by atoms with van der Waals surface area (Å²) in [6.45, 7) is 6.85. The molecule has 1 aromatic carbocycles. The molecule has 0 atom stereocenters. The predicted octanol–water partition coefficient (Wildman–Crippen LogP) is 5.60. The van der Waals surface area contributed by atoms with Crippen LogP contribution in [0.5, 0.6) is 17.2 Å². The number of benzene rings is 1. The number of aryl methyl sites for hydroxylation is 1. The van der Waals surface area contributed by atoms with E-state index in [1.54, 1.807) is 14.2 Å². The first-order valence-corrected chi connectivity index (χ1v) is 8.93. The topological polar surface area (TPSA) is 27.7 Å². The molecule has 0 aromatic heterocycles. The fourth-order valence-corrected chi connectivity index (χ4v) is 2.66. The van der Waals surface area contributed by atoms with Gasteiger partial charge in [-0.2, -0.15) is 0 Å². The van der Waals surface area contributed by atoms with Crippen molar-refractivity contribution >= 4 is 0 Å². The standard InChI is InChI=1S/C20H33O3/c1-5-7-8-9-10-11-12-14-23-20-18(21-3)15-17(13-6-2)16-19(20)22-4/h15-16H,2,5-14H2,1,3-4H3. The maximum absolute atomic E-state index is 5.95. The third-order valence-electron chi connectivity index (χ3n) is 3.98. The van der Waals surface area contributed by atoms with Gasteiger partial charge in [-0.05, 0) is 37.0 Å². The van der Waals surface area contributed by atoms with Crippen LogP contribution in [0, 0.1) is 6.92 Å². The first-order valence-electron chi connectivity index (χ1n) is 8.93. The van der Waals surface area contributed by atoms with E-state index in [2.05, 4.69) is 13.8 Å². The second-order valence-electron chi connectivity index (χ2n) is 5.90. The highest BCUT2D eigenvalue weighted by Crippen LogP contribution is 2.39. The van der Waals surface area contributed by atoms with Gasteiger partial charge in [0.05, 0.1) is 20.8 Å². The molecule has 1 aromatic rings. The molecule has 3 heteroatoms. The van der Waals surface area contributed by atoms with Gasteiger partial charge in [-0.1, -0.05) is 52.4 Å². The first kappa shape index (κ1) is 19.7. The van der Waals surface area contributed by atoms with Gasteiger partial charge in [0.15, 0.2) is 11.5 Å². The molecule has 0 amide bonds. The molecule has 0 spiro atoms. The zero-order valence-corrected chi connectivity index (χ0v) is 15.2. The van der Waals surface area contributed by atoms with E-state index in [4.69, 9.17) is 14.2 Å². The third kappa shape index (κ3) is 7.15. The van der Waals surface area contributed by atoms with E-state index in [-0.39, 0.29) is 0 Å². The highest BCUT2D eigenvalue weighted by molar-refractivity contribution is 5.53. The van der Waals surface area contributed by atoms with Crippen LogP contribution in [-0.4, -0.2) is 20.8 Å². The summed E-state index contributed by atoms with van der Waals surface area (Å²) < 4.78 is 16.9. The summed E-state index contributed by atoms with van der Waals surface area (Å²) in [5, 5.41) is 0. The van der Waals surface area contributed by atoms with Crippen LogP contribution in [0.15, 0.2) is 12.1 Å². The van der Waals surface area contributed by atoms with E-state index >= 15 is 0 Å². The van der Waals surface area contributed by atoms with Crippen molar-refractivity contribution in [3.63, 3.8) is 0 Å². The van der Waals surface area contributed by atoms with Crippen molar-refractivity contribution < 1.29 is 14.2 Å². The van der Waals surface area contributed by atoms with Crippen molar-refractivity contribution in [2.45, 2.75) is 64.7 Å². The van der Waals surface area contributed by atoms with Crippen LogP contribution in [0.3, 0.4) is 0 Å². The Balaban J connectivity index is 2.48. The number of unbranched alkanes of at least 4 members (excludes halogenated alkanes) is 6. The molecule has 0 fully saturated rings. The van der Waals surface area contributed by atoms with Crippen LogP contribution in [0.2, 0.25) is 0 Å². The highest BCUT2D eigenvalue weighted by atomic mass is 16.5. The number of methoxy groups -OCH3 is 2. The largest absolute Gasteiger partial charge is 0.493 e. The Hall–Kier alpha value is -1.38. The van der Waals surface area contributed by atoms with Crippen LogP contribution < -0.4 is 14.2 Å². The number of hydrogen-bond donors (Lipinski definition) is 0. The van der Waals surface area contributed by atoms with Crippen molar-refractivity contribution in [3.8, 4) is 17.2 Å². The Morgan fingerprint density at radius 3 is 1.96 bits per heavy atom. The lowest BCUT2D eigenvalue weighted by Gasteiger charge is -2.16. The number of ether oxygens (including phenoxy) is 3. The zero-order chi connectivity index (χ0) is 16.9. The fourth-order valence-electron chi connectivity index (χ4n) is 2.66. The maximum Gasteiger partial charge on any atom is 0.203 e. The van der Waals surface area contributed by atoms with E-state index < -0.39 is 0 Å². The van der Waals surface area contributed by atoms with Gasteiger partial charge >= 0.3 is 0 Å². The van der Waals surface area contributed by atoms with Crippen LogP contribution in [-0.2, 0) is 6.42 Å². The van der Waals surface area contributed by atoms with Gasteiger partial charge in [0.25, 0.3) is 0 Å². The van der Waals surface area contributed by atoms with E-state index in [1.807, 2.05) is 12.1 Å². The molecule has 0 aliphatic carbocycles. The van der Waals surface area contributed by atoms with Crippen molar-refractivity contribution in [3.05, 3.63) is 24.6 Å². The summed E-state index contributed by atoms with van der Waals surface area (Å²) in [4.78, 5) is 0. The van der Waals surface area contributed by atoms with Crippen LogP contribution in [0.25, 0.3) is 0 Å². The fraction of sp³-hybridized carbons (Fsp3) is 0.650. The van der Waals surface area contributed by atoms with Crippen molar-refractivity contribution in [1.29, 1.82) is 0 Å². The Kier molecular flexibility index (Phi) is 10.3. The zero-order valence-electron chi connectivity index (χ0n) is 15.2. The molecule has 1 radical (unpaired) electrons. The average molecular weight is 321 g/mol. The van der Waals surface area contributed by atoms with Gasteiger partial charge in [-0.15, -0.1) is 0 Å². The van der Waals surface area contributed by atoms with E-state index in [1.165, 1.54) is 38.5 Å². The lowest BCUT2D eigenvalue weighted by Crippen LogP contribution is -2.02. The lowest BCUT2D eigenvalue weighted by molar-refractivity contribution is 0.267. The summed E-state index contributed by atoms with van der Waals surface area (Å²) in [5.41, 5.74) is 1.16. The third-order valence-corrected chi connectivity index (χ3v) is 3.98. The molecule has 0 N–H and O–H groups in total. The molecule has 0 saturated heterocycles. The van der Waals surface area contributed by atoms with Crippen molar-refractivity contribution in [2.24, 2.45) is 0 Å². The van der Waals surface area contributed by atoms with Gasteiger partial charge in [-0.3, -0.25) is 0 Å². The summed E-state index contributed by atoms with van der Waals surface area (Å²) in [6, 6.07) is 4.04. The van der Waals surface area contributed by atoms with Gasteiger partial charge in [-0.25, -0.2) is 0 Å². The first-order chi connectivity index (χ1) is 11.3. The second kappa shape index (κ2) is 12.1. The quantitative estimate of drug-likeness (QED) is 0.443. The van der Waals surface area contributed by atoms with Gasteiger partial charge in [0, 0.05) is 0 Å². The van der Waals surface area contributed by atoms with Gasteiger partial charge in [0.2, 0.25) is 5.75 Å². The molecular weight excluding hydrogens is 288 g/mol. The summed E-state index contributed by atoms with van der Waals surface area (Å²) in [6.07, 6.45) is 10.7. The minimum absolute atomic E-state index is 0.704. The SMILES string of the molecule is [CH2]CCc1cc(OC)c(OCCCCCCCCC)c(OC)c1. The van der Waals surface area contributed by atoms with E-state index in [0.717, 1.165) is 36.3 Å². The predicted molar refractivity (Wildman–Crippen MR) is 96.7 cm³/mol. The Morgan fingerprint density at radius 2 is 1.43 bits per heavy atom. The molecular formula is C20H33O3. The molecule has 0 aliphatic heterocycles. The Labute approximate surface area is 142 Å². The molecule has 0 heterocycles. The van der Waals surface area contributed by atoms with E-state index in [9.17, 15) is 0 Å². The molecule has 3 nitrogen and oxygen atoms in total. The average Bonchev–Trinajstić information content (AvgIpc) is 2.57. The normalized spacial score (nSPS) is 10.6. The highest BCUT2D eigenvalue weighted by Gasteiger charge is 2.13. The van der Waals surface area contributed by atoms with Gasteiger partial charge in [0.1, 0.15) is 0 Å². The molecule has 0 aliphatic rings. The van der Waals surface area contributed by atoms with Crippen molar-refractivity contribution in [2.75, 3.05) is 20.8 Å². The van der Waals surface area contributed by atoms with Crippen LogP contribution in [0.4, 0.5) is 0 Å². The van der Waals surface area contributed by atoms with Crippen LogP contribution >= 0.6 is 0 Å².